The first-order chi connectivity index (χ1) is 8.49. The second-order valence-corrected chi connectivity index (χ2v) is 5.60. The van der Waals surface area contributed by atoms with Gasteiger partial charge in [0.2, 0.25) is 10.0 Å². The molecule has 0 saturated heterocycles. The zero-order valence-electron chi connectivity index (χ0n) is 9.75. The first-order valence-electron chi connectivity index (χ1n) is 5.24. The molecule has 0 saturated carbocycles. The van der Waals surface area contributed by atoms with Crippen molar-refractivity contribution < 1.29 is 12.9 Å². The molecule has 0 atom stereocenters. The van der Waals surface area contributed by atoms with Gasteiger partial charge in [-0.2, -0.15) is 0 Å². The molecule has 0 aliphatic heterocycles. The summed E-state index contributed by atoms with van der Waals surface area (Å²) in [6, 6.07) is 6.20. The highest BCUT2D eigenvalue weighted by molar-refractivity contribution is 7.89. The zero-order chi connectivity index (χ0) is 13.2. The lowest BCUT2D eigenvalue weighted by Crippen LogP contribution is -2.23. The van der Waals surface area contributed by atoms with E-state index in [1.807, 2.05) is 6.92 Å². The highest BCUT2D eigenvalue weighted by atomic mass is 32.2. The van der Waals surface area contributed by atoms with Gasteiger partial charge in [-0.3, -0.25) is 0 Å². The molecule has 3 N–H and O–H groups in total. The Balaban J connectivity index is 2.17. The molecular formula is C11H13N3O3S. The van der Waals surface area contributed by atoms with E-state index < -0.39 is 10.0 Å². The minimum Gasteiger partial charge on any atom is -0.398 e. The molecule has 1 aromatic carbocycles. The predicted molar refractivity (Wildman–Crippen MR) is 66.1 cm³/mol. The van der Waals surface area contributed by atoms with Crippen molar-refractivity contribution in [1.82, 2.24) is 9.88 Å². The molecular weight excluding hydrogens is 254 g/mol. The maximum Gasteiger partial charge on any atom is 0.240 e. The topological polar surface area (TPSA) is 98.2 Å². The predicted octanol–water partition coefficient (Wildman–Crippen LogP) is 1.04. The van der Waals surface area contributed by atoms with Crippen LogP contribution >= 0.6 is 0 Å². The third-order valence-electron chi connectivity index (χ3n) is 2.50. The normalized spacial score (nSPS) is 11.6. The number of hydrogen-bond donors (Lipinski definition) is 2. The largest absolute Gasteiger partial charge is 0.398 e. The Hall–Kier alpha value is -1.86. The van der Waals surface area contributed by atoms with Gasteiger partial charge in [-0.25, -0.2) is 13.1 Å². The van der Waals surface area contributed by atoms with Crippen LogP contribution in [0.5, 0.6) is 0 Å². The van der Waals surface area contributed by atoms with Crippen LogP contribution < -0.4 is 10.5 Å². The van der Waals surface area contributed by atoms with Crippen molar-refractivity contribution in [3.05, 3.63) is 41.8 Å². The molecule has 0 amide bonds. The number of benzene rings is 1. The monoisotopic (exact) mass is 267 g/mol. The summed E-state index contributed by atoms with van der Waals surface area (Å²) in [5.41, 5.74) is 7.48. The van der Waals surface area contributed by atoms with Gasteiger partial charge >= 0.3 is 0 Å². The second-order valence-electron chi connectivity index (χ2n) is 3.83. The van der Waals surface area contributed by atoms with Gasteiger partial charge in [0, 0.05) is 11.8 Å². The molecule has 96 valence electrons. The van der Waals surface area contributed by atoms with Gasteiger partial charge < -0.3 is 10.3 Å². The molecule has 0 bridgehead atoms. The van der Waals surface area contributed by atoms with E-state index >= 15 is 0 Å². The van der Waals surface area contributed by atoms with E-state index in [1.165, 1.54) is 18.4 Å². The number of sulfonamides is 1. The van der Waals surface area contributed by atoms with E-state index in [4.69, 9.17) is 5.73 Å². The summed E-state index contributed by atoms with van der Waals surface area (Å²) in [6.07, 6.45) is 1.38. The van der Waals surface area contributed by atoms with E-state index in [1.54, 1.807) is 12.1 Å². The average molecular weight is 267 g/mol. The lowest BCUT2D eigenvalue weighted by molar-refractivity contribution is 0.411. The first kappa shape index (κ1) is 12.6. The number of hydrogen-bond acceptors (Lipinski definition) is 5. The molecule has 6 nitrogen and oxygen atoms in total. The van der Waals surface area contributed by atoms with E-state index in [9.17, 15) is 8.42 Å². The van der Waals surface area contributed by atoms with E-state index in [0.717, 1.165) is 5.56 Å². The molecule has 1 heterocycles. The molecule has 0 radical (unpaired) electrons. The number of nitrogen functional groups attached to an aromatic ring is 1. The number of nitrogens with one attached hydrogen (secondary N) is 1. The van der Waals surface area contributed by atoms with Gasteiger partial charge in [-0.05, 0) is 24.6 Å². The van der Waals surface area contributed by atoms with Gasteiger partial charge in [-0.1, -0.05) is 11.2 Å². The highest BCUT2D eigenvalue weighted by Crippen LogP contribution is 2.17. The second kappa shape index (κ2) is 4.79. The number of nitrogens with two attached hydrogens (primary N) is 1. The molecule has 0 unspecified atom stereocenters. The van der Waals surface area contributed by atoms with E-state index in [2.05, 4.69) is 14.4 Å². The van der Waals surface area contributed by atoms with Crippen LogP contribution in [-0.2, 0) is 16.6 Å². The number of aromatic nitrogens is 1. The molecule has 0 fully saturated rings. The maximum atomic E-state index is 12.0. The van der Waals surface area contributed by atoms with Crippen LogP contribution in [0.15, 0.2) is 39.9 Å². The summed E-state index contributed by atoms with van der Waals surface area (Å²) in [5, 5.41) is 3.62. The quantitative estimate of drug-likeness (QED) is 0.807. The van der Waals surface area contributed by atoms with Gasteiger partial charge in [0.25, 0.3) is 0 Å². The minimum absolute atomic E-state index is 0.0760. The Bertz CT molecular complexity index is 636. The molecule has 0 aliphatic carbocycles. The van der Waals surface area contributed by atoms with Crippen LogP contribution in [0.1, 0.15) is 11.3 Å². The first-order valence-corrected chi connectivity index (χ1v) is 6.72. The molecule has 7 heteroatoms. The SMILES string of the molecule is Cc1ccc(S(=O)(=O)NCc2ccon2)cc1N. The highest BCUT2D eigenvalue weighted by Gasteiger charge is 2.15. The van der Waals surface area contributed by atoms with Gasteiger partial charge in [0.15, 0.2) is 0 Å². The molecule has 0 spiro atoms. The number of anilines is 1. The summed E-state index contributed by atoms with van der Waals surface area (Å²) in [7, 11) is -3.59. The van der Waals surface area contributed by atoms with Crippen molar-refractivity contribution in [2.75, 3.05) is 5.73 Å². The van der Waals surface area contributed by atoms with Crippen LogP contribution in [0.4, 0.5) is 5.69 Å². The zero-order valence-corrected chi connectivity index (χ0v) is 10.6. The van der Waals surface area contributed by atoms with Crippen LogP contribution in [0.25, 0.3) is 0 Å². The molecule has 1 aromatic heterocycles. The van der Waals surface area contributed by atoms with Crippen LogP contribution in [0.3, 0.4) is 0 Å². The van der Waals surface area contributed by atoms with E-state index in [-0.39, 0.29) is 11.4 Å². The summed E-state index contributed by atoms with van der Waals surface area (Å²) >= 11 is 0. The third kappa shape index (κ3) is 2.69. The van der Waals surface area contributed by atoms with Crippen molar-refractivity contribution in [1.29, 1.82) is 0 Å². The average Bonchev–Trinajstić information content (AvgIpc) is 2.83. The summed E-state index contributed by atoms with van der Waals surface area (Å²) < 4.78 is 31.0. The number of nitrogens with zero attached hydrogens (tertiary/aromatic N) is 1. The van der Waals surface area contributed by atoms with Crippen molar-refractivity contribution in [3.8, 4) is 0 Å². The molecule has 2 aromatic rings. The maximum absolute atomic E-state index is 12.0. The minimum atomic E-state index is -3.59. The standard InChI is InChI=1S/C11H13N3O3S/c1-8-2-3-10(6-11(8)12)18(15,16)13-7-9-4-5-17-14-9/h2-6,13H,7,12H2,1H3. The van der Waals surface area contributed by atoms with Crippen molar-refractivity contribution >= 4 is 15.7 Å². The Morgan fingerprint density at radius 1 is 1.39 bits per heavy atom. The number of aryl methyl sites for hydroxylation is 1. The Morgan fingerprint density at radius 2 is 2.17 bits per heavy atom. The molecule has 18 heavy (non-hydrogen) atoms. The smallest absolute Gasteiger partial charge is 0.240 e. The third-order valence-corrected chi connectivity index (χ3v) is 3.89. The van der Waals surface area contributed by atoms with Gasteiger partial charge in [0.05, 0.1) is 17.1 Å². The summed E-state index contributed by atoms with van der Waals surface area (Å²) in [4.78, 5) is 0.133. The fraction of sp³-hybridized carbons (Fsp3) is 0.182. The van der Waals surface area contributed by atoms with Crippen molar-refractivity contribution in [2.45, 2.75) is 18.4 Å². The van der Waals surface area contributed by atoms with Crippen LogP contribution in [0.2, 0.25) is 0 Å². The molecule has 2 rings (SSSR count). The van der Waals surface area contributed by atoms with Crippen LogP contribution in [0, 0.1) is 6.92 Å². The molecule has 0 aliphatic rings. The van der Waals surface area contributed by atoms with Gasteiger partial charge in [0.1, 0.15) is 6.26 Å². The van der Waals surface area contributed by atoms with Crippen molar-refractivity contribution in [2.24, 2.45) is 0 Å². The Labute approximate surface area is 105 Å². The fourth-order valence-electron chi connectivity index (χ4n) is 1.37. The summed E-state index contributed by atoms with van der Waals surface area (Å²) in [5.74, 6) is 0. The lowest BCUT2D eigenvalue weighted by atomic mass is 10.2. The fourth-order valence-corrected chi connectivity index (χ4v) is 2.40. The Morgan fingerprint density at radius 3 is 2.78 bits per heavy atom. The van der Waals surface area contributed by atoms with Gasteiger partial charge in [-0.15, -0.1) is 0 Å². The number of rotatable bonds is 4. The lowest BCUT2D eigenvalue weighted by Gasteiger charge is -2.07. The van der Waals surface area contributed by atoms with E-state index in [0.29, 0.717) is 11.4 Å². The van der Waals surface area contributed by atoms with Crippen molar-refractivity contribution in [3.63, 3.8) is 0 Å². The Kier molecular flexibility index (Phi) is 3.35. The van der Waals surface area contributed by atoms with Crippen LogP contribution in [-0.4, -0.2) is 13.6 Å². The summed E-state index contributed by atoms with van der Waals surface area (Å²) in [6.45, 7) is 1.89.